The molecule has 0 N–H and O–H groups in total. The Balaban J connectivity index is 1.75. The summed E-state index contributed by atoms with van der Waals surface area (Å²) in [5.74, 6) is 1.20. The van der Waals surface area contributed by atoms with Gasteiger partial charge in [-0.1, -0.05) is 38.3 Å². The molecule has 1 heterocycles. The number of cyclic esters (lactones) is 1. The van der Waals surface area contributed by atoms with Crippen LogP contribution in [0.3, 0.4) is 0 Å². The highest BCUT2D eigenvalue weighted by molar-refractivity contribution is 6.12. The van der Waals surface area contributed by atoms with Crippen molar-refractivity contribution in [1.82, 2.24) is 0 Å². The summed E-state index contributed by atoms with van der Waals surface area (Å²) >= 11 is 0. The summed E-state index contributed by atoms with van der Waals surface area (Å²) in [5.41, 5.74) is 4.15. The molecular formula is C25H29NO4. The first-order valence-corrected chi connectivity index (χ1v) is 10.4. The van der Waals surface area contributed by atoms with Crippen LogP contribution in [0.4, 0.5) is 0 Å². The van der Waals surface area contributed by atoms with Gasteiger partial charge in [0, 0.05) is 5.56 Å². The second kappa shape index (κ2) is 10.1. The molecule has 30 heavy (non-hydrogen) atoms. The highest BCUT2D eigenvalue weighted by atomic mass is 16.6. The van der Waals surface area contributed by atoms with Crippen LogP contribution in [0.25, 0.3) is 6.08 Å². The van der Waals surface area contributed by atoms with Crippen molar-refractivity contribution < 1.29 is 19.0 Å². The van der Waals surface area contributed by atoms with Crippen molar-refractivity contribution in [3.8, 4) is 11.5 Å². The monoisotopic (exact) mass is 407 g/mol. The van der Waals surface area contributed by atoms with Crippen LogP contribution in [0, 0.1) is 13.8 Å². The number of ether oxygens (including phenoxy) is 3. The number of hydrogen-bond donors (Lipinski definition) is 0. The first-order valence-electron chi connectivity index (χ1n) is 10.4. The van der Waals surface area contributed by atoms with E-state index in [1.165, 1.54) is 18.4 Å². The maximum atomic E-state index is 12.3. The first kappa shape index (κ1) is 21.6. The van der Waals surface area contributed by atoms with Crippen molar-refractivity contribution in [3.05, 3.63) is 64.3 Å². The Hall–Kier alpha value is -3.08. The van der Waals surface area contributed by atoms with Crippen LogP contribution in [0.15, 0.2) is 47.1 Å². The lowest BCUT2D eigenvalue weighted by molar-refractivity contribution is -0.129. The summed E-state index contributed by atoms with van der Waals surface area (Å²) < 4.78 is 16.7. The topological polar surface area (TPSA) is 57.1 Å². The third-order valence-electron chi connectivity index (χ3n) is 5.12. The molecule has 0 aromatic heterocycles. The molecule has 0 saturated carbocycles. The van der Waals surface area contributed by atoms with Gasteiger partial charge in [0.25, 0.3) is 0 Å². The number of carbonyl (C=O) groups excluding carboxylic acids is 1. The van der Waals surface area contributed by atoms with Crippen molar-refractivity contribution in [2.75, 3.05) is 13.7 Å². The Morgan fingerprint density at radius 2 is 1.83 bits per heavy atom. The third kappa shape index (κ3) is 5.29. The molecule has 0 spiro atoms. The second-order valence-corrected chi connectivity index (χ2v) is 7.45. The highest BCUT2D eigenvalue weighted by Gasteiger charge is 2.24. The molecule has 1 aliphatic heterocycles. The maximum absolute atomic E-state index is 12.3. The van der Waals surface area contributed by atoms with E-state index in [0.29, 0.717) is 24.0 Å². The summed E-state index contributed by atoms with van der Waals surface area (Å²) in [7, 11) is 1.61. The lowest BCUT2D eigenvalue weighted by atomic mass is 10.1. The minimum atomic E-state index is -0.460. The van der Waals surface area contributed by atoms with Gasteiger partial charge in [0.05, 0.1) is 13.7 Å². The van der Waals surface area contributed by atoms with Gasteiger partial charge in [0.2, 0.25) is 5.90 Å². The highest BCUT2D eigenvalue weighted by Crippen LogP contribution is 2.30. The largest absolute Gasteiger partial charge is 0.493 e. The van der Waals surface area contributed by atoms with Gasteiger partial charge in [0.1, 0.15) is 0 Å². The van der Waals surface area contributed by atoms with Crippen LogP contribution >= 0.6 is 0 Å². The van der Waals surface area contributed by atoms with Crippen LogP contribution in [0.5, 0.6) is 11.5 Å². The maximum Gasteiger partial charge on any atom is 0.363 e. The third-order valence-corrected chi connectivity index (χ3v) is 5.12. The smallest absolute Gasteiger partial charge is 0.363 e. The number of carbonyl (C=O) groups is 1. The summed E-state index contributed by atoms with van der Waals surface area (Å²) in [6.07, 6.45) is 6.29. The molecule has 0 bridgehead atoms. The van der Waals surface area contributed by atoms with E-state index in [9.17, 15) is 4.79 Å². The van der Waals surface area contributed by atoms with Gasteiger partial charge < -0.3 is 14.2 Å². The van der Waals surface area contributed by atoms with E-state index in [1.54, 1.807) is 13.2 Å². The number of nitrogens with zero attached hydrogens (tertiary/aromatic N) is 1. The van der Waals surface area contributed by atoms with E-state index >= 15 is 0 Å². The van der Waals surface area contributed by atoms with E-state index in [4.69, 9.17) is 14.2 Å². The van der Waals surface area contributed by atoms with Gasteiger partial charge in [-0.2, -0.15) is 0 Å². The van der Waals surface area contributed by atoms with Gasteiger partial charge >= 0.3 is 5.97 Å². The van der Waals surface area contributed by atoms with Gasteiger partial charge in [-0.3, -0.25) is 0 Å². The number of hydrogen-bond acceptors (Lipinski definition) is 5. The van der Waals surface area contributed by atoms with Gasteiger partial charge in [-0.25, -0.2) is 9.79 Å². The molecule has 0 atom stereocenters. The van der Waals surface area contributed by atoms with Crippen LogP contribution in [-0.4, -0.2) is 25.6 Å². The lowest BCUT2D eigenvalue weighted by Crippen LogP contribution is -2.05. The number of benzene rings is 2. The summed E-state index contributed by atoms with van der Waals surface area (Å²) in [6.45, 7) is 6.91. The minimum Gasteiger partial charge on any atom is -0.493 e. The van der Waals surface area contributed by atoms with Crippen LogP contribution < -0.4 is 9.47 Å². The van der Waals surface area contributed by atoms with Gasteiger partial charge in [0.15, 0.2) is 17.2 Å². The zero-order valence-electron chi connectivity index (χ0n) is 18.2. The molecule has 0 radical (unpaired) electrons. The minimum absolute atomic E-state index is 0.263. The zero-order chi connectivity index (χ0) is 21.5. The van der Waals surface area contributed by atoms with Crippen LogP contribution in [0.1, 0.15) is 54.9 Å². The van der Waals surface area contributed by atoms with E-state index in [-0.39, 0.29) is 5.70 Å². The molecule has 5 nitrogen and oxygen atoms in total. The van der Waals surface area contributed by atoms with Gasteiger partial charge in [-0.15, -0.1) is 0 Å². The van der Waals surface area contributed by atoms with Crippen molar-refractivity contribution in [2.45, 2.75) is 46.5 Å². The Labute approximate surface area is 178 Å². The van der Waals surface area contributed by atoms with Crippen molar-refractivity contribution in [2.24, 2.45) is 4.99 Å². The number of esters is 1. The molecule has 5 heteroatoms. The Kier molecular flexibility index (Phi) is 7.28. The Morgan fingerprint density at radius 1 is 1.00 bits per heavy atom. The number of unbranched alkanes of at least 4 members (excludes halogenated alkanes) is 3. The molecule has 158 valence electrons. The molecule has 1 aliphatic rings. The molecule has 0 saturated heterocycles. The van der Waals surface area contributed by atoms with Crippen LogP contribution in [-0.2, 0) is 9.53 Å². The Morgan fingerprint density at radius 3 is 2.57 bits per heavy atom. The van der Waals surface area contributed by atoms with Crippen LogP contribution in [0.2, 0.25) is 0 Å². The number of aryl methyl sites for hydroxylation is 2. The molecule has 2 aromatic rings. The predicted molar refractivity (Wildman–Crippen MR) is 119 cm³/mol. The van der Waals surface area contributed by atoms with E-state index < -0.39 is 5.97 Å². The molecule has 0 aliphatic carbocycles. The fraction of sp³-hybridized carbons (Fsp3) is 0.360. The quantitative estimate of drug-likeness (QED) is 0.308. The average molecular weight is 408 g/mol. The zero-order valence-corrected chi connectivity index (χ0v) is 18.2. The normalized spacial score (nSPS) is 14.6. The van der Waals surface area contributed by atoms with E-state index in [2.05, 4.69) is 11.9 Å². The molecule has 3 rings (SSSR count). The Bertz CT molecular complexity index is 975. The lowest BCUT2D eigenvalue weighted by Gasteiger charge is -2.11. The van der Waals surface area contributed by atoms with Gasteiger partial charge in [-0.05, 0) is 67.3 Å². The van der Waals surface area contributed by atoms with E-state index in [1.807, 2.05) is 50.2 Å². The number of aliphatic imine (C=N–C) groups is 1. The fourth-order valence-corrected chi connectivity index (χ4v) is 3.17. The summed E-state index contributed by atoms with van der Waals surface area (Å²) in [6, 6.07) is 11.5. The standard InChI is InChI=1S/C25H29NO4/c1-5-6-7-8-13-29-22-12-10-19(16-23(22)28-4)15-21-25(27)30-24(26-21)20-11-9-17(2)18(3)14-20/h9-12,14-16H,5-8,13H2,1-4H3. The molecule has 0 amide bonds. The molecule has 0 fully saturated rings. The summed E-state index contributed by atoms with van der Waals surface area (Å²) in [4.78, 5) is 16.7. The van der Waals surface area contributed by atoms with Crippen molar-refractivity contribution in [3.63, 3.8) is 0 Å². The SMILES string of the molecule is CCCCCCOc1ccc(C=C2N=C(c3ccc(C)c(C)c3)OC2=O)cc1OC. The second-order valence-electron chi connectivity index (χ2n) is 7.45. The molecule has 0 unspecified atom stereocenters. The number of rotatable bonds is 9. The molecule has 2 aromatic carbocycles. The molecular weight excluding hydrogens is 378 g/mol. The van der Waals surface area contributed by atoms with Crippen molar-refractivity contribution in [1.29, 1.82) is 0 Å². The van der Waals surface area contributed by atoms with Crippen molar-refractivity contribution >= 4 is 17.9 Å². The number of methoxy groups -OCH3 is 1. The predicted octanol–water partition coefficient (Wildman–Crippen LogP) is 5.62. The fourth-order valence-electron chi connectivity index (χ4n) is 3.17. The average Bonchev–Trinajstić information content (AvgIpc) is 3.10. The summed E-state index contributed by atoms with van der Waals surface area (Å²) in [5, 5.41) is 0. The first-order chi connectivity index (χ1) is 14.5. The van der Waals surface area contributed by atoms with E-state index in [0.717, 1.165) is 29.5 Å².